The first-order chi connectivity index (χ1) is 9.47. The van der Waals surface area contributed by atoms with Crippen molar-refractivity contribution in [1.29, 1.82) is 0 Å². The van der Waals surface area contributed by atoms with Crippen LogP contribution in [0.3, 0.4) is 0 Å². The molecule has 6 heteroatoms. The number of likely N-dealkylation sites (tertiary alicyclic amines) is 1. The number of rotatable bonds is 4. The lowest BCUT2D eigenvalue weighted by atomic mass is 10.2. The number of carbonyl (C=O) groups excluding carboxylic acids is 2. The standard InChI is InChI=1S/C14H20N4O2/c1-9-4-5-10(7-11(9)15)17-13(19)8-18-6-2-3-12(18)14(16)20/h4-5,7,12H,2-3,6,8,15H2,1H3,(H2,16,20)(H,17,19). The van der Waals surface area contributed by atoms with Gasteiger partial charge in [0.25, 0.3) is 0 Å². The molecule has 1 fully saturated rings. The van der Waals surface area contributed by atoms with E-state index in [9.17, 15) is 9.59 Å². The molecule has 2 rings (SSSR count). The minimum absolute atomic E-state index is 0.165. The highest BCUT2D eigenvalue weighted by Gasteiger charge is 2.30. The molecular formula is C14H20N4O2. The van der Waals surface area contributed by atoms with E-state index >= 15 is 0 Å². The first-order valence-corrected chi connectivity index (χ1v) is 6.66. The van der Waals surface area contributed by atoms with E-state index in [0.29, 0.717) is 11.4 Å². The summed E-state index contributed by atoms with van der Waals surface area (Å²) in [5.74, 6) is -0.531. The van der Waals surface area contributed by atoms with E-state index < -0.39 is 0 Å². The Balaban J connectivity index is 1.95. The molecule has 0 saturated carbocycles. The van der Waals surface area contributed by atoms with E-state index in [1.54, 1.807) is 12.1 Å². The molecule has 1 aromatic rings. The molecule has 108 valence electrons. The van der Waals surface area contributed by atoms with Gasteiger partial charge in [0.2, 0.25) is 11.8 Å². The number of nitrogens with two attached hydrogens (primary N) is 2. The number of benzene rings is 1. The van der Waals surface area contributed by atoms with Crippen LogP contribution in [-0.2, 0) is 9.59 Å². The van der Waals surface area contributed by atoms with Gasteiger partial charge in [0.15, 0.2) is 0 Å². The number of nitrogens with zero attached hydrogens (tertiary/aromatic N) is 1. The number of primary amides is 1. The number of hydrogen-bond acceptors (Lipinski definition) is 4. The summed E-state index contributed by atoms with van der Waals surface area (Å²) in [6.07, 6.45) is 1.61. The van der Waals surface area contributed by atoms with Crippen LogP contribution in [0.2, 0.25) is 0 Å². The summed E-state index contributed by atoms with van der Waals surface area (Å²) in [4.78, 5) is 25.1. The molecule has 1 unspecified atom stereocenters. The molecule has 1 aliphatic heterocycles. The summed E-state index contributed by atoms with van der Waals surface area (Å²) in [7, 11) is 0. The van der Waals surface area contributed by atoms with E-state index in [1.807, 2.05) is 17.9 Å². The monoisotopic (exact) mass is 276 g/mol. The predicted octanol–water partition coefficient (Wildman–Crippen LogP) is 0.465. The number of nitrogens with one attached hydrogen (secondary N) is 1. The highest BCUT2D eigenvalue weighted by Crippen LogP contribution is 2.18. The van der Waals surface area contributed by atoms with Crippen molar-refractivity contribution >= 4 is 23.2 Å². The highest BCUT2D eigenvalue weighted by molar-refractivity contribution is 5.93. The van der Waals surface area contributed by atoms with Crippen LogP contribution in [-0.4, -0.2) is 35.8 Å². The van der Waals surface area contributed by atoms with Crippen LogP contribution in [0, 0.1) is 6.92 Å². The molecule has 0 spiro atoms. The molecule has 0 aromatic heterocycles. The van der Waals surface area contributed by atoms with Gasteiger partial charge in [-0.05, 0) is 44.0 Å². The first-order valence-electron chi connectivity index (χ1n) is 6.66. The van der Waals surface area contributed by atoms with Crippen molar-refractivity contribution in [2.24, 2.45) is 5.73 Å². The van der Waals surface area contributed by atoms with Gasteiger partial charge in [-0.25, -0.2) is 0 Å². The van der Waals surface area contributed by atoms with E-state index in [1.165, 1.54) is 0 Å². The number of aryl methyl sites for hydroxylation is 1. The van der Waals surface area contributed by atoms with Crippen molar-refractivity contribution in [3.63, 3.8) is 0 Å². The van der Waals surface area contributed by atoms with Crippen LogP contribution in [0.15, 0.2) is 18.2 Å². The van der Waals surface area contributed by atoms with Crippen molar-refractivity contribution in [1.82, 2.24) is 4.90 Å². The topological polar surface area (TPSA) is 101 Å². The number of carbonyl (C=O) groups is 2. The van der Waals surface area contributed by atoms with Crippen LogP contribution in [0.1, 0.15) is 18.4 Å². The average Bonchev–Trinajstić information content (AvgIpc) is 2.82. The van der Waals surface area contributed by atoms with Crippen molar-refractivity contribution in [3.8, 4) is 0 Å². The summed E-state index contributed by atoms with van der Waals surface area (Å²) >= 11 is 0. The van der Waals surface area contributed by atoms with Gasteiger partial charge < -0.3 is 16.8 Å². The molecular weight excluding hydrogens is 256 g/mol. The second-order valence-corrected chi connectivity index (χ2v) is 5.15. The fraction of sp³-hybridized carbons (Fsp3) is 0.429. The summed E-state index contributed by atoms with van der Waals surface area (Å²) in [5, 5.41) is 2.78. The maximum absolute atomic E-state index is 12.0. The highest BCUT2D eigenvalue weighted by atomic mass is 16.2. The third kappa shape index (κ3) is 3.27. The summed E-state index contributed by atoms with van der Waals surface area (Å²) in [5.41, 5.74) is 13.4. The van der Waals surface area contributed by atoms with E-state index in [-0.39, 0.29) is 24.4 Å². The lowest BCUT2D eigenvalue weighted by molar-refractivity contribution is -0.123. The van der Waals surface area contributed by atoms with Gasteiger partial charge in [0, 0.05) is 11.4 Å². The van der Waals surface area contributed by atoms with Crippen molar-refractivity contribution in [2.75, 3.05) is 24.1 Å². The Morgan fingerprint density at radius 2 is 2.20 bits per heavy atom. The van der Waals surface area contributed by atoms with Gasteiger partial charge in [-0.3, -0.25) is 14.5 Å². The predicted molar refractivity (Wildman–Crippen MR) is 78.0 cm³/mol. The van der Waals surface area contributed by atoms with Crippen molar-refractivity contribution in [3.05, 3.63) is 23.8 Å². The van der Waals surface area contributed by atoms with Crippen LogP contribution in [0.4, 0.5) is 11.4 Å². The average molecular weight is 276 g/mol. The zero-order chi connectivity index (χ0) is 14.7. The van der Waals surface area contributed by atoms with Gasteiger partial charge in [-0.1, -0.05) is 6.07 Å². The fourth-order valence-corrected chi connectivity index (χ4v) is 2.44. The van der Waals surface area contributed by atoms with E-state index in [4.69, 9.17) is 11.5 Å². The van der Waals surface area contributed by atoms with E-state index in [0.717, 1.165) is 24.9 Å². The Kier molecular flexibility index (Phi) is 4.24. The smallest absolute Gasteiger partial charge is 0.238 e. The molecule has 20 heavy (non-hydrogen) atoms. The third-order valence-corrected chi connectivity index (χ3v) is 3.60. The van der Waals surface area contributed by atoms with Gasteiger partial charge in [-0.15, -0.1) is 0 Å². The SMILES string of the molecule is Cc1ccc(NC(=O)CN2CCCC2C(N)=O)cc1N. The Hall–Kier alpha value is -2.08. The number of amides is 2. The van der Waals surface area contributed by atoms with Gasteiger partial charge in [-0.2, -0.15) is 0 Å². The molecule has 5 N–H and O–H groups in total. The maximum Gasteiger partial charge on any atom is 0.238 e. The van der Waals surface area contributed by atoms with Gasteiger partial charge in [0.05, 0.1) is 12.6 Å². The number of hydrogen-bond donors (Lipinski definition) is 3. The molecule has 1 atom stereocenters. The summed E-state index contributed by atoms with van der Waals surface area (Å²) in [6.45, 7) is 2.79. The number of anilines is 2. The summed E-state index contributed by atoms with van der Waals surface area (Å²) < 4.78 is 0. The molecule has 0 radical (unpaired) electrons. The minimum atomic E-state index is -0.366. The second-order valence-electron chi connectivity index (χ2n) is 5.15. The Morgan fingerprint density at radius 1 is 1.45 bits per heavy atom. The normalized spacial score (nSPS) is 18.9. The fourth-order valence-electron chi connectivity index (χ4n) is 2.44. The summed E-state index contributed by atoms with van der Waals surface area (Å²) in [6, 6.07) is 5.05. The van der Waals surface area contributed by atoms with Crippen LogP contribution in [0.25, 0.3) is 0 Å². The molecule has 1 aromatic carbocycles. The largest absolute Gasteiger partial charge is 0.398 e. The second kappa shape index (κ2) is 5.92. The molecule has 1 heterocycles. The van der Waals surface area contributed by atoms with Crippen LogP contribution < -0.4 is 16.8 Å². The Bertz CT molecular complexity index is 530. The lowest BCUT2D eigenvalue weighted by Gasteiger charge is -2.21. The number of nitrogen functional groups attached to an aromatic ring is 1. The van der Waals surface area contributed by atoms with E-state index in [2.05, 4.69) is 5.32 Å². The van der Waals surface area contributed by atoms with Gasteiger partial charge in [0.1, 0.15) is 0 Å². The molecule has 1 aliphatic rings. The zero-order valence-electron chi connectivity index (χ0n) is 11.6. The molecule has 2 amide bonds. The minimum Gasteiger partial charge on any atom is -0.398 e. The lowest BCUT2D eigenvalue weighted by Crippen LogP contribution is -2.43. The maximum atomic E-state index is 12.0. The molecule has 0 aliphatic carbocycles. The molecule has 0 bridgehead atoms. The Morgan fingerprint density at radius 3 is 2.85 bits per heavy atom. The molecule has 1 saturated heterocycles. The van der Waals surface area contributed by atoms with Crippen molar-refractivity contribution < 1.29 is 9.59 Å². The first kappa shape index (κ1) is 14.3. The molecule has 6 nitrogen and oxygen atoms in total. The zero-order valence-corrected chi connectivity index (χ0v) is 11.6. The van der Waals surface area contributed by atoms with Gasteiger partial charge >= 0.3 is 0 Å². The van der Waals surface area contributed by atoms with Crippen LogP contribution >= 0.6 is 0 Å². The Labute approximate surface area is 118 Å². The van der Waals surface area contributed by atoms with Crippen molar-refractivity contribution in [2.45, 2.75) is 25.8 Å². The third-order valence-electron chi connectivity index (χ3n) is 3.60. The van der Waals surface area contributed by atoms with Crippen LogP contribution in [0.5, 0.6) is 0 Å². The quantitative estimate of drug-likeness (QED) is 0.695.